The maximum Gasteiger partial charge on any atom is 0.193 e. The van der Waals surface area contributed by atoms with Gasteiger partial charge in [-0.15, -0.1) is 0 Å². The van der Waals surface area contributed by atoms with Crippen LogP contribution in [0.1, 0.15) is 0 Å². The van der Waals surface area contributed by atoms with Gasteiger partial charge < -0.3 is 4.55 Å². The highest BCUT2D eigenvalue weighted by atomic mass is 79.9. The van der Waals surface area contributed by atoms with Crippen molar-refractivity contribution in [3.63, 3.8) is 0 Å². The van der Waals surface area contributed by atoms with Gasteiger partial charge in [0.25, 0.3) is 0 Å². The lowest BCUT2D eigenvalue weighted by atomic mass is 11.3. The van der Waals surface area contributed by atoms with E-state index in [1.807, 2.05) is 0 Å². The molecule has 0 rings (SSSR count). The largest absolute Gasteiger partial charge is 0.302 e. The molecule has 0 saturated carbocycles. The average Bonchev–Trinajstić information content (AvgIpc) is 1.36. The highest BCUT2D eigenvalue weighted by Crippen LogP contribution is 2.01. The van der Waals surface area contributed by atoms with E-state index >= 15 is 0 Å². The Balaban J connectivity index is 3.57. The molecule has 1 atom stereocenters. The average molecular weight is 171 g/mol. The molecule has 0 aliphatic carbocycles. The molecule has 0 aromatic rings. The van der Waals surface area contributed by atoms with Crippen molar-refractivity contribution >= 4 is 27.0 Å². The molecule has 0 aliphatic rings. The van der Waals surface area contributed by atoms with Gasteiger partial charge >= 0.3 is 0 Å². The third-order valence-corrected chi connectivity index (χ3v) is 1.40. The summed E-state index contributed by atoms with van der Waals surface area (Å²) in [6.45, 7) is 3.12. The third kappa shape index (κ3) is 2.56. The van der Waals surface area contributed by atoms with Gasteiger partial charge in [-0.3, -0.25) is 0 Å². The molecule has 0 amide bonds. The van der Waals surface area contributed by atoms with Gasteiger partial charge in [0.15, 0.2) is 11.1 Å². The molecule has 6 heavy (non-hydrogen) atoms. The molecule has 0 heterocycles. The summed E-state index contributed by atoms with van der Waals surface area (Å²) in [6, 6.07) is 0. The molecule has 0 fully saturated rings. The van der Waals surface area contributed by atoms with Crippen LogP contribution >= 0.6 is 15.9 Å². The normalized spacial score (nSPS) is 13.7. The minimum absolute atomic E-state index is 0.0995. The van der Waals surface area contributed by atoms with Crippen LogP contribution in [0.15, 0.2) is 10.4 Å². The summed E-state index contributed by atoms with van der Waals surface area (Å²) >= 11 is 0.799. The summed E-state index contributed by atoms with van der Waals surface area (Å²) in [7, 11) is 0. The van der Waals surface area contributed by atoms with Gasteiger partial charge in [0.1, 0.15) is 3.81 Å². The van der Waals surface area contributed by atoms with Crippen LogP contribution in [-0.2, 0) is 11.1 Å². The van der Waals surface area contributed by atoms with E-state index in [4.69, 9.17) is 4.55 Å². The first kappa shape index (κ1) is 6.33. The molecular formula is C2H3BrO2S. The zero-order valence-corrected chi connectivity index (χ0v) is 5.25. The summed E-state index contributed by atoms with van der Waals surface area (Å²) in [5, 5.41) is 0. The van der Waals surface area contributed by atoms with Crippen LogP contribution in [0, 0.1) is 0 Å². The fourth-order valence-electron chi connectivity index (χ4n) is 0. The lowest BCUT2D eigenvalue weighted by Crippen LogP contribution is -1.78. The Kier molecular flexibility index (Phi) is 2.63. The van der Waals surface area contributed by atoms with Gasteiger partial charge in [0, 0.05) is 0 Å². The van der Waals surface area contributed by atoms with E-state index < -0.39 is 11.1 Å². The molecular weight excluding hydrogens is 168 g/mol. The molecule has 1 unspecified atom stereocenters. The number of halogens is 1. The standard InChI is InChI=1S/C2H3BrO2S/c1-2(3)6(4)5/h1H2,(H,4,5). The number of rotatable bonds is 1. The number of hydrogen-bond donors (Lipinski definition) is 1. The maximum absolute atomic E-state index is 9.66. The Bertz CT molecular complexity index is 77.5. The van der Waals surface area contributed by atoms with E-state index in [1.54, 1.807) is 0 Å². The predicted octanol–water partition coefficient (Wildman–Crippen LogP) is 1.07. The fraction of sp³-hybridized carbons (Fsp3) is 0. The first-order valence-corrected chi connectivity index (χ1v) is 3.00. The summed E-state index contributed by atoms with van der Waals surface area (Å²) in [6.07, 6.45) is 0. The Labute approximate surface area is 46.7 Å². The summed E-state index contributed by atoms with van der Waals surface area (Å²) in [5.74, 6) is 0. The second-order valence-electron chi connectivity index (χ2n) is 0.604. The van der Waals surface area contributed by atoms with Gasteiger partial charge in [-0.1, -0.05) is 6.58 Å². The van der Waals surface area contributed by atoms with Crippen molar-refractivity contribution < 1.29 is 8.76 Å². The van der Waals surface area contributed by atoms with Gasteiger partial charge in [0.2, 0.25) is 0 Å². The fourth-order valence-corrected chi connectivity index (χ4v) is 0. The second-order valence-corrected chi connectivity index (χ2v) is 3.08. The van der Waals surface area contributed by atoms with Crippen molar-refractivity contribution in [2.24, 2.45) is 0 Å². The van der Waals surface area contributed by atoms with Crippen LogP contribution in [-0.4, -0.2) is 8.76 Å². The Hall–Kier alpha value is 0.330. The lowest BCUT2D eigenvalue weighted by Gasteiger charge is -1.78. The Morgan fingerprint density at radius 3 is 2.17 bits per heavy atom. The van der Waals surface area contributed by atoms with E-state index in [1.165, 1.54) is 0 Å². The van der Waals surface area contributed by atoms with Crippen LogP contribution in [0.5, 0.6) is 0 Å². The highest BCUT2D eigenvalue weighted by molar-refractivity contribution is 9.13. The van der Waals surface area contributed by atoms with Crippen molar-refractivity contribution in [2.75, 3.05) is 0 Å². The van der Waals surface area contributed by atoms with E-state index in [9.17, 15) is 4.21 Å². The second kappa shape index (κ2) is 2.49. The van der Waals surface area contributed by atoms with Crippen molar-refractivity contribution in [3.05, 3.63) is 10.4 Å². The van der Waals surface area contributed by atoms with Crippen LogP contribution < -0.4 is 0 Å². The molecule has 0 aromatic heterocycles. The molecule has 0 bridgehead atoms. The predicted molar refractivity (Wildman–Crippen MR) is 28.8 cm³/mol. The number of hydrogen-bond acceptors (Lipinski definition) is 1. The smallest absolute Gasteiger partial charge is 0.193 e. The molecule has 1 N–H and O–H groups in total. The van der Waals surface area contributed by atoms with Crippen molar-refractivity contribution in [2.45, 2.75) is 0 Å². The van der Waals surface area contributed by atoms with Crippen LogP contribution in [0.3, 0.4) is 0 Å². The van der Waals surface area contributed by atoms with E-state index in [0.29, 0.717) is 0 Å². The maximum atomic E-state index is 9.66. The first-order chi connectivity index (χ1) is 2.64. The summed E-state index contributed by atoms with van der Waals surface area (Å²) in [5.41, 5.74) is 0. The van der Waals surface area contributed by atoms with E-state index in [-0.39, 0.29) is 3.81 Å². The minimum atomic E-state index is -1.90. The van der Waals surface area contributed by atoms with Gasteiger partial charge in [-0.05, 0) is 15.9 Å². The van der Waals surface area contributed by atoms with Crippen LogP contribution in [0.25, 0.3) is 0 Å². The zero-order chi connectivity index (χ0) is 5.15. The molecule has 0 aliphatic heterocycles. The van der Waals surface area contributed by atoms with Crippen molar-refractivity contribution in [1.82, 2.24) is 0 Å². The van der Waals surface area contributed by atoms with Crippen molar-refractivity contribution in [3.8, 4) is 0 Å². The monoisotopic (exact) mass is 170 g/mol. The lowest BCUT2D eigenvalue weighted by molar-refractivity contribution is 0.573. The molecule has 0 saturated heterocycles. The molecule has 0 radical (unpaired) electrons. The van der Waals surface area contributed by atoms with Crippen molar-refractivity contribution in [1.29, 1.82) is 0 Å². The highest BCUT2D eigenvalue weighted by Gasteiger charge is 1.88. The van der Waals surface area contributed by atoms with Gasteiger partial charge in [-0.2, -0.15) is 0 Å². The quantitative estimate of drug-likeness (QED) is 0.599. The van der Waals surface area contributed by atoms with E-state index in [2.05, 4.69) is 22.5 Å². The summed E-state index contributed by atoms with van der Waals surface area (Å²) < 4.78 is 17.7. The molecule has 4 heteroatoms. The Morgan fingerprint density at radius 2 is 2.17 bits per heavy atom. The first-order valence-electron chi connectivity index (χ1n) is 1.10. The van der Waals surface area contributed by atoms with E-state index in [0.717, 1.165) is 0 Å². The summed E-state index contributed by atoms with van der Waals surface area (Å²) in [4.78, 5) is 0. The molecule has 2 nitrogen and oxygen atoms in total. The SMILES string of the molecule is C=C(Br)S(=O)O. The third-order valence-electron chi connectivity index (χ3n) is 0.189. The van der Waals surface area contributed by atoms with Gasteiger partial charge in [-0.25, -0.2) is 4.21 Å². The topological polar surface area (TPSA) is 37.3 Å². The van der Waals surface area contributed by atoms with Gasteiger partial charge in [0.05, 0.1) is 0 Å². The van der Waals surface area contributed by atoms with Crippen LogP contribution in [0.2, 0.25) is 0 Å². The zero-order valence-electron chi connectivity index (χ0n) is 2.85. The van der Waals surface area contributed by atoms with Crippen LogP contribution in [0.4, 0.5) is 0 Å². The Morgan fingerprint density at radius 1 is 2.00 bits per heavy atom. The molecule has 0 aromatic carbocycles. The minimum Gasteiger partial charge on any atom is -0.302 e. The molecule has 36 valence electrons. The molecule has 0 spiro atoms.